The predicted octanol–water partition coefficient (Wildman–Crippen LogP) is 5.32. The van der Waals surface area contributed by atoms with Crippen molar-refractivity contribution in [3.05, 3.63) is 126 Å². The molecule has 0 N–H and O–H groups in total. The third kappa shape index (κ3) is 24.1. The topological polar surface area (TPSA) is 90.7 Å². The van der Waals surface area contributed by atoms with Crippen molar-refractivity contribution in [3.8, 4) is 12.1 Å². The molecule has 0 aliphatic rings. The molecule has 0 spiro atoms. The Morgan fingerprint density at radius 1 is 0.875 bits per heavy atom. The van der Waals surface area contributed by atoms with Crippen LogP contribution in [-0.4, -0.2) is 16.9 Å². The first-order chi connectivity index (χ1) is 16.3. The van der Waals surface area contributed by atoms with Gasteiger partial charge in [-0.2, -0.15) is 42.2 Å². The van der Waals surface area contributed by atoms with Crippen LogP contribution in [0.5, 0.6) is 0 Å². The standard InChI is InChI=1S/C9H5N2.C8H3F3O.C5H3N.C4H3O.6W/c1-7-2-3-8(5-10)9(4-7)6-11;9-8(10,11)7(12)6-4-2-1-3-5-6;1-2-4-6-5-3-1;1-2-4-5-3-1;;;;;;/h3-4H,1H3;1,4-5H;1-3H;1-3H;;;;;;/q-1;2*-2;-1;;;;;;. The average molecular weight is 1560 g/mol. The predicted molar refractivity (Wildman–Crippen MR) is 113 cm³/mol. The number of furan rings is 1. The third-order valence-electron chi connectivity index (χ3n) is 3.35. The van der Waals surface area contributed by atoms with Gasteiger partial charge in [0.05, 0.1) is 6.07 Å². The van der Waals surface area contributed by atoms with E-state index >= 15 is 0 Å². The van der Waals surface area contributed by atoms with Gasteiger partial charge in [-0.05, 0) is 17.4 Å². The van der Waals surface area contributed by atoms with E-state index < -0.39 is 17.5 Å². The van der Waals surface area contributed by atoms with Crippen LogP contribution >= 0.6 is 0 Å². The van der Waals surface area contributed by atoms with Gasteiger partial charge in [0.2, 0.25) is 0 Å². The van der Waals surface area contributed by atoms with Crippen molar-refractivity contribution < 1.29 is 149 Å². The van der Waals surface area contributed by atoms with E-state index in [0.717, 1.165) is 17.7 Å². The van der Waals surface area contributed by atoms with Crippen LogP contribution in [0.4, 0.5) is 13.2 Å². The fourth-order valence-electron chi connectivity index (χ4n) is 1.87. The molecule has 40 heavy (non-hydrogen) atoms. The van der Waals surface area contributed by atoms with E-state index in [4.69, 9.17) is 10.5 Å². The number of halogens is 3. The molecule has 208 valence electrons. The minimum absolute atomic E-state index is 0. The van der Waals surface area contributed by atoms with Gasteiger partial charge in [-0.1, -0.05) is 13.2 Å². The zero-order chi connectivity index (χ0) is 25.2. The van der Waals surface area contributed by atoms with Crippen LogP contribution < -0.4 is 0 Å². The molecule has 0 aliphatic heterocycles. The van der Waals surface area contributed by atoms with Crippen LogP contribution in [0.3, 0.4) is 0 Å². The molecule has 4 aromatic rings. The molecule has 2 aromatic carbocycles. The number of hydrogen-bond acceptors (Lipinski definition) is 5. The molecular weight excluding hydrogens is 1550 g/mol. The Morgan fingerprint density at radius 3 is 1.75 bits per heavy atom. The number of ketones is 1. The van der Waals surface area contributed by atoms with Crippen molar-refractivity contribution in [1.29, 1.82) is 10.5 Å². The minimum atomic E-state index is -4.82. The number of Topliss-reactive ketones (excluding diaryl/α,β-unsaturated/α-hetero) is 1. The molecule has 4 rings (SSSR count). The first-order valence-corrected chi connectivity index (χ1v) is 9.19. The van der Waals surface area contributed by atoms with Gasteiger partial charge in [0.25, 0.3) is 0 Å². The van der Waals surface area contributed by atoms with E-state index in [1.54, 1.807) is 36.6 Å². The second kappa shape index (κ2) is 31.4. The third-order valence-corrected chi connectivity index (χ3v) is 3.35. The van der Waals surface area contributed by atoms with Crippen LogP contribution in [0.2, 0.25) is 0 Å². The molecule has 14 heteroatoms. The van der Waals surface area contributed by atoms with Crippen LogP contribution in [0.15, 0.2) is 71.3 Å². The second-order valence-corrected chi connectivity index (χ2v) is 5.84. The maximum absolute atomic E-state index is 11.8. The number of alkyl halides is 3. The smallest absolute Gasteiger partial charge is 0.431 e. The number of nitriles is 2. The van der Waals surface area contributed by atoms with E-state index in [9.17, 15) is 18.0 Å². The molecule has 0 atom stereocenters. The number of aromatic nitrogens is 1. The Morgan fingerprint density at radius 2 is 1.43 bits per heavy atom. The number of nitrogens with zero attached hydrogens (tertiary/aromatic N) is 3. The van der Waals surface area contributed by atoms with E-state index in [1.807, 2.05) is 25.1 Å². The molecular formula is C26H14F3N3O2W6-6. The zero-order valence-electron chi connectivity index (χ0n) is 20.1. The first kappa shape index (κ1) is 52.1. The number of benzene rings is 2. The summed E-state index contributed by atoms with van der Waals surface area (Å²) in [4.78, 5) is 14.0. The Labute approximate surface area is 317 Å². The maximum Gasteiger partial charge on any atom is 0.431 e. The summed E-state index contributed by atoms with van der Waals surface area (Å²) in [6.45, 7) is 1.84. The van der Waals surface area contributed by atoms with Gasteiger partial charge in [-0.15, -0.1) is 12.1 Å². The minimum Gasteiger partial charge on any atom is -0.599 e. The fraction of sp³-hybridized carbons (Fsp3) is 0.0769. The summed E-state index contributed by atoms with van der Waals surface area (Å²) in [5.74, 6) is -1.87. The summed E-state index contributed by atoms with van der Waals surface area (Å²) in [6.07, 6.45) is 4.41. The number of pyridine rings is 1. The molecule has 0 bridgehead atoms. The van der Waals surface area contributed by atoms with Gasteiger partial charge in [0.1, 0.15) is 0 Å². The van der Waals surface area contributed by atoms with Crippen LogP contribution in [-0.2, 0) is 126 Å². The van der Waals surface area contributed by atoms with Gasteiger partial charge >= 0.3 is 6.18 Å². The van der Waals surface area contributed by atoms with Crippen molar-refractivity contribution in [2.24, 2.45) is 0 Å². The number of carbonyl (C=O) groups is 1. The molecule has 0 fully saturated rings. The number of carbonyl (C=O) groups excluding carboxylic acids is 1. The van der Waals surface area contributed by atoms with E-state index in [-0.39, 0.29) is 126 Å². The quantitative estimate of drug-likeness (QED) is 0.191. The van der Waals surface area contributed by atoms with Gasteiger partial charge in [-0.25, -0.2) is 10.8 Å². The molecule has 0 saturated heterocycles. The fourth-order valence-corrected chi connectivity index (χ4v) is 1.87. The first-order valence-electron chi connectivity index (χ1n) is 9.19. The Kier molecular flexibility index (Phi) is 40.9. The summed E-state index contributed by atoms with van der Waals surface area (Å²) in [5, 5.41) is 17.1. The summed E-state index contributed by atoms with van der Waals surface area (Å²) >= 11 is 0. The molecule has 5 nitrogen and oxygen atoms in total. The molecule has 2 heterocycles. The largest absolute Gasteiger partial charge is 0.599 e. The normalized spacial score (nSPS) is 7.85. The number of hydrogen-bond donors (Lipinski definition) is 0. The van der Waals surface area contributed by atoms with Gasteiger partial charge in [0, 0.05) is 132 Å². The van der Waals surface area contributed by atoms with E-state index in [1.165, 1.54) is 12.1 Å². The van der Waals surface area contributed by atoms with Crippen LogP contribution in [0.1, 0.15) is 27.0 Å². The molecule has 0 radical (unpaired) electrons. The number of rotatable bonds is 1. The van der Waals surface area contributed by atoms with Crippen molar-refractivity contribution in [3.63, 3.8) is 0 Å². The number of aryl methyl sites for hydroxylation is 1. The Balaban J connectivity index is -0.0000000958. The second-order valence-electron chi connectivity index (χ2n) is 5.84. The molecule has 0 amide bonds. The molecule has 0 saturated carbocycles. The average Bonchev–Trinajstić information content (AvgIpc) is 3.46. The van der Waals surface area contributed by atoms with Crippen molar-refractivity contribution in [2.75, 3.05) is 0 Å². The van der Waals surface area contributed by atoms with Gasteiger partial charge in [-0.3, -0.25) is 42.7 Å². The Hall–Kier alpha value is -0.560. The summed E-state index contributed by atoms with van der Waals surface area (Å²) in [7, 11) is 0. The maximum atomic E-state index is 11.8. The zero-order valence-corrected chi connectivity index (χ0v) is 37.7. The van der Waals surface area contributed by atoms with Crippen LogP contribution in [0, 0.1) is 66.4 Å². The summed E-state index contributed by atoms with van der Waals surface area (Å²) < 4.78 is 39.7. The van der Waals surface area contributed by atoms with Crippen molar-refractivity contribution >= 4 is 5.78 Å². The monoisotopic (exact) mass is 1560 g/mol. The SMILES string of the molecule is Cc1[c-]cc(C#N)c(C#N)c1.O=C(c1c[c-]c[c-]c1)C(F)(F)F.[W].[W].[W].[W].[W].[W].[c-]1ccc[c-]n1.[c-]1ccco1. The van der Waals surface area contributed by atoms with Crippen molar-refractivity contribution in [2.45, 2.75) is 13.1 Å². The Bertz CT molecular complexity index is 1160. The van der Waals surface area contributed by atoms with E-state index in [0.29, 0.717) is 11.1 Å². The van der Waals surface area contributed by atoms with Crippen LogP contribution in [0.25, 0.3) is 0 Å². The van der Waals surface area contributed by atoms with Crippen molar-refractivity contribution in [1.82, 2.24) is 4.98 Å². The molecule has 0 unspecified atom stereocenters. The summed E-state index contributed by atoms with van der Waals surface area (Å²) in [5.41, 5.74) is 1.24. The molecule has 0 aliphatic carbocycles. The molecule has 2 aromatic heterocycles. The van der Waals surface area contributed by atoms with Gasteiger partial charge < -0.3 is 32.4 Å². The van der Waals surface area contributed by atoms with E-state index in [2.05, 4.69) is 46.3 Å². The summed E-state index contributed by atoms with van der Waals surface area (Å²) in [6, 6.07) is 26.6. The van der Waals surface area contributed by atoms with Gasteiger partial charge in [0.15, 0.2) is 5.78 Å².